The maximum atomic E-state index is 11.2. The van der Waals surface area contributed by atoms with Crippen molar-refractivity contribution in [3.8, 4) is 0 Å². The second-order valence-corrected chi connectivity index (χ2v) is 4.98. The Morgan fingerprint density at radius 2 is 2.16 bits per heavy atom. The van der Waals surface area contributed by atoms with Gasteiger partial charge in [-0.25, -0.2) is 4.79 Å². The molecule has 1 fully saturated rings. The van der Waals surface area contributed by atoms with Gasteiger partial charge < -0.3 is 21.1 Å². The molecule has 19 heavy (non-hydrogen) atoms. The summed E-state index contributed by atoms with van der Waals surface area (Å²) >= 11 is 0. The second kappa shape index (κ2) is 8.74. The fourth-order valence-electron chi connectivity index (χ4n) is 2.50. The van der Waals surface area contributed by atoms with Crippen LogP contribution in [0.1, 0.15) is 32.6 Å². The number of carbonyl (C=O) groups excluding carboxylic acids is 1. The van der Waals surface area contributed by atoms with Crippen LogP contribution in [0.3, 0.4) is 0 Å². The molecule has 1 heterocycles. The number of aliphatic carboxylic acids is 1. The van der Waals surface area contributed by atoms with Gasteiger partial charge in [0.1, 0.15) is 0 Å². The van der Waals surface area contributed by atoms with E-state index in [1.54, 1.807) is 0 Å². The molecule has 1 aliphatic heterocycles. The van der Waals surface area contributed by atoms with Crippen LogP contribution < -0.4 is 16.0 Å². The minimum atomic E-state index is -0.689. The molecule has 0 radical (unpaired) electrons. The molecule has 2 amide bonds. The van der Waals surface area contributed by atoms with Gasteiger partial charge in [0, 0.05) is 13.1 Å². The summed E-state index contributed by atoms with van der Waals surface area (Å²) in [6, 6.07) is -0.155. The number of carboxylic acids is 1. The van der Waals surface area contributed by atoms with Crippen LogP contribution in [0.5, 0.6) is 0 Å². The Bertz CT molecular complexity index is 291. The summed E-state index contributed by atoms with van der Waals surface area (Å²) in [7, 11) is 0. The number of hydrogen-bond acceptors (Lipinski definition) is 3. The smallest absolute Gasteiger partial charge is 0.314 e. The van der Waals surface area contributed by atoms with Crippen LogP contribution in [0.25, 0.3) is 0 Å². The molecule has 110 valence electrons. The van der Waals surface area contributed by atoms with Gasteiger partial charge in [0.2, 0.25) is 0 Å². The monoisotopic (exact) mass is 271 g/mol. The first-order valence-corrected chi connectivity index (χ1v) is 7.10. The average molecular weight is 271 g/mol. The van der Waals surface area contributed by atoms with Gasteiger partial charge in [-0.05, 0) is 45.2 Å². The van der Waals surface area contributed by atoms with E-state index in [0.29, 0.717) is 19.5 Å². The topological polar surface area (TPSA) is 90.5 Å². The SMILES string of the molecule is CCNC(=O)NCCCC[C@H](C(=O)O)[C@H]1CCNC1. The fourth-order valence-corrected chi connectivity index (χ4v) is 2.50. The van der Waals surface area contributed by atoms with Crippen molar-refractivity contribution in [2.45, 2.75) is 32.6 Å². The number of carboxylic acid groups (broad SMARTS) is 1. The van der Waals surface area contributed by atoms with Gasteiger partial charge in [0.05, 0.1) is 5.92 Å². The molecular formula is C13H25N3O3. The van der Waals surface area contributed by atoms with E-state index in [-0.39, 0.29) is 17.9 Å². The second-order valence-electron chi connectivity index (χ2n) is 4.98. The molecular weight excluding hydrogens is 246 g/mol. The van der Waals surface area contributed by atoms with Crippen molar-refractivity contribution in [2.75, 3.05) is 26.2 Å². The largest absolute Gasteiger partial charge is 0.481 e. The minimum Gasteiger partial charge on any atom is -0.481 e. The van der Waals surface area contributed by atoms with Crippen molar-refractivity contribution in [1.29, 1.82) is 0 Å². The zero-order chi connectivity index (χ0) is 14.1. The number of carbonyl (C=O) groups is 2. The summed E-state index contributed by atoms with van der Waals surface area (Å²) in [6.45, 7) is 4.82. The lowest BCUT2D eigenvalue weighted by atomic mass is 9.87. The van der Waals surface area contributed by atoms with Crippen LogP contribution in [-0.4, -0.2) is 43.3 Å². The van der Waals surface area contributed by atoms with Crippen LogP contribution in [0.15, 0.2) is 0 Å². The summed E-state index contributed by atoms with van der Waals surface area (Å²) in [4.78, 5) is 22.4. The summed E-state index contributed by atoms with van der Waals surface area (Å²) in [5.41, 5.74) is 0. The normalized spacial score (nSPS) is 19.9. The Hall–Kier alpha value is -1.30. The Balaban J connectivity index is 2.15. The number of hydrogen-bond donors (Lipinski definition) is 4. The Labute approximate surface area is 114 Å². The Morgan fingerprint density at radius 1 is 1.37 bits per heavy atom. The highest BCUT2D eigenvalue weighted by Gasteiger charge is 2.29. The van der Waals surface area contributed by atoms with Crippen molar-refractivity contribution in [2.24, 2.45) is 11.8 Å². The number of rotatable bonds is 8. The van der Waals surface area contributed by atoms with Gasteiger partial charge in [0.25, 0.3) is 0 Å². The maximum Gasteiger partial charge on any atom is 0.314 e. The zero-order valence-electron chi connectivity index (χ0n) is 11.6. The summed E-state index contributed by atoms with van der Waals surface area (Å²) in [6.07, 6.45) is 3.30. The zero-order valence-corrected chi connectivity index (χ0v) is 11.6. The number of nitrogens with one attached hydrogen (secondary N) is 3. The maximum absolute atomic E-state index is 11.2. The van der Waals surface area contributed by atoms with E-state index in [1.807, 2.05) is 6.92 Å². The van der Waals surface area contributed by atoms with Gasteiger partial charge in [-0.1, -0.05) is 6.42 Å². The molecule has 4 N–H and O–H groups in total. The minimum absolute atomic E-state index is 0.155. The van der Waals surface area contributed by atoms with Crippen molar-refractivity contribution in [3.05, 3.63) is 0 Å². The predicted octanol–water partition coefficient (Wildman–Crippen LogP) is 0.786. The van der Waals surface area contributed by atoms with Gasteiger partial charge in [-0.15, -0.1) is 0 Å². The molecule has 0 saturated carbocycles. The lowest BCUT2D eigenvalue weighted by Crippen LogP contribution is -2.35. The molecule has 1 rings (SSSR count). The highest BCUT2D eigenvalue weighted by Crippen LogP contribution is 2.24. The molecule has 0 aromatic rings. The van der Waals surface area contributed by atoms with E-state index in [9.17, 15) is 14.7 Å². The van der Waals surface area contributed by atoms with Crippen LogP contribution >= 0.6 is 0 Å². The first-order valence-electron chi connectivity index (χ1n) is 7.10. The molecule has 2 atom stereocenters. The van der Waals surface area contributed by atoms with Gasteiger partial charge in [-0.2, -0.15) is 0 Å². The lowest BCUT2D eigenvalue weighted by Gasteiger charge is -2.18. The molecule has 1 aliphatic rings. The van der Waals surface area contributed by atoms with Crippen molar-refractivity contribution in [3.63, 3.8) is 0 Å². The van der Waals surface area contributed by atoms with Crippen molar-refractivity contribution >= 4 is 12.0 Å². The quantitative estimate of drug-likeness (QED) is 0.491. The fraction of sp³-hybridized carbons (Fsp3) is 0.846. The van der Waals surface area contributed by atoms with E-state index < -0.39 is 5.97 Å². The molecule has 1 saturated heterocycles. The summed E-state index contributed by atoms with van der Waals surface area (Å²) < 4.78 is 0. The van der Waals surface area contributed by atoms with Crippen LogP contribution in [0.4, 0.5) is 4.79 Å². The number of unbranched alkanes of at least 4 members (excludes halogenated alkanes) is 1. The highest BCUT2D eigenvalue weighted by atomic mass is 16.4. The standard InChI is InChI=1S/C13H25N3O3/c1-2-15-13(19)16-7-4-3-5-11(12(17)18)10-6-8-14-9-10/h10-11,14H,2-9H2,1H3,(H,17,18)(H2,15,16,19)/t10-,11-/m0/s1. The lowest BCUT2D eigenvalue weighted by molar-refractivity contribution is -0.143. The van der Waals surface area contributed by atoms with Crippen LogP contribution in [-0.2, 0) is 4.79 Å². The third kappa shape index (κ3) is 5.92. The van der Waals surface area contributed by atoms with E-state index in [0.717, 1.165) is 32.4 Å². The van der Waals surface area contributed by atoms with E-state index >= 15 is 0 Å². The van der Waals surface area contributed by atoms with Crippen molar-refractivity contribution in [1.82, 2.24) is 16.0 Å². The number of amides is 2. The van der Waals surface area contributed by atoms with E-state index in [4.69, 9.17) is 0 Å². The molecule has 6 nitrogen and oxygen atoms in total. The van der Waals surface area contributed by atoms with Gasteiger partial charge in [0.15, 0.2) is 0 Å². The molecule has 0 unspecified atom stereocenters. The molecule has 6 heteroatoms. The first-order chi connectivity index (χ1) is 9.15. The van der Waals surface area contributed by atoms with Gasteiger partial charge >= 0.3 is 12.0 Å². The summed E-state index contributed by atoms with van der Waals surface area (Å²) in [5, 5.41) is 17.9. The predicted molar refractivity (Wildman–Crippen MR) is 73.0 cm³/mol. The molecule has 0 spiro atoms. The van der Waals surface area contributed by atoms with E-state index in [1.165, 1.54) is 0 Å². The molecule has 0 bridgehead atoms. The van der Waals surface area contributed by atoms with Crippen LogP contribution in [0.2, 0.25) is 0 Å². The average Bonchev–Trinajstić information content (AvgIpc) is 2.87. The molecule has 0 aromatic heterocycles. The third-order valence-corrected chi connectivity index (χ3v) is 3.55. The van der Waals surface area contributed by atoms with Crippen molar-refractivity contribution < 1.29 is 14.7 Å². The molecule has 0 aliphatic carbocycles. The first kappa shape index (κ1) is 15.8. The Kier molecular flexibility index (Phi) is 7.25. The third-order valence-electron chi connectivity index (χ3n) is 3.55. The number of urea groups is 1. The highest BCUT2D eigenvalue weighted by molar-refractivity contribution is 5.73. The van der Waals surface area contributed by atoms with E-state index in [2.05, 4.69) is 16.0 Å². The van der Waals surface area contributed by atoms with Crippen LogP contribution in [0, 0.1) is 11.8 Å². The summed E-state index contributed by atoms with van der Waals surface area (Å²) in [5.74, 6) is -0.682. The molecule has 0 aromatic carbocycles. The Morgan fingerprint density at radius 3 is 2.74 bits per heavy atom. The van der Waals surface area contributed by atoms with Gasteiger partial charge in [-0.3, -0.25) is 4.79 Å².